The molecular weight excluding hydrogens is 127 g/mol. The van der Waals surface area contributed by atoms with E-state index >= 15 is 0 Å². The summed E-state index contributed by atoms with van der Waals surface area (Å²) in [5.74, 6) is 0. The van der Waals surface area contributed by atoms with Gasteiger partial charge in [0.2, 0.25) is 0 Å². The van der Waals surface area contributed by atoms with Crippen LogP contribution in [0, 0.1) is 6.16 Å². The molecule has 0 aromatic rings. The quantitative estimate of drug-likeness (QED) is 0.519. The Morgan fingerprint density at radius 2 is 1.67 bits per heavy atom. The summed E-state index contributed by atoms with van der Waals surface area (Å²) in [6, 6.07) is 0. The summed E-state index contributed by atoms with van der Waals surface area (Å²) in [5, 5.41) is 0. The van der Waals surface area contributed by atoms with E-state index in [2.05, 4.69) is 26.9 Å². The van der Waals surface area contributed by atoms with Crippen molar-refractivity contribution in [3.05, 3.63) is 6.16 Å². The van der Waals surface area contributed by atoms with Crippen LogP contribution in [-0.2, 0) is 0 Å². The van der Waals surface area contributed by atoms with Gasteiger partial charge in [-0.3, -0.25) is 0 Å². The van der Waals surface area contributed by atoms with E-state index in [4.69, 9.17) is 0 Å². The zero-order valence-corrected chi connectivity index (χ0v) is 7.75. The Morgan fingerprint density at radius 1 is 1.11 bits per heavy atom. The fourth-order valence-corrected chi connectivity index (χ4v) is 2.38. The Hall–Kier alpha value is 0.430. The van der Waals surface area contributed by atoms with Crippen molar-refractivity contribution in [1.29, 1.82) is 0 Å². The standard InChI is InChI=1S/C8H18P/c1-4-7-8-9(5-2)6-3/h8H,4-7H2,1-3H3. The van der Waals surface area contributed by atoms with Gasteiger partial charge in [0.05, 0.1) is 0 Å². The molecule has 0 unspecified atom stereocenters. The third-order valence-corrected chi connectivity index (χ3v) is 3.89. The van der Waals surface area contributed by atoms with Gasteiger partial charge in [0, 0.05) is 0 Å². The number of unbranched alkanes of at least 4 members (excludes halogenated alkanes) is 1. The van der Waals surface area contributed by atoms with E-state index in [-0.39, 0.29) is 0 Å². The Morgan fingerprint density at radius 3 is 2.00 bits per heavy atom. The highest BCUT2D eigenvalue weighted by molar-refractivity contribution is 7.59. The normalized spacial score (nSPS) is 10.7. The predicted octanol–water partition coefficient (Wildman–Crippen LogP) is 3.47. The number of hydrogen-bond acceptors (Lipinski definition) is 0. The van der Waals surface area contributed by atoms with Gasteiger partial charge in [0.25, 0.3) is 0 Å². The molecule has 0 saturated heterocycles. The Kier molecular flexibility index (Phi) is 6.86. The van der Waals surface area contributed by atoms with Crippen molar-refractivity contribution >= 4 is 7.92 Å². The fourth-order valence-electron chi connectivity index (χ4n) is 0.793. The Balaban J connectivity index is 3.09. The molecule has 1 heteroatoms. The lowest BCUT2D eigenvalue weighted by Crippen LogP contribution is -1.82. The minimum atomic E-state index is 0.313. The lowest BCUT2D eigenvalue weighted by molar-refractivity contribution is 0.939. The molecule has 0 N–H and O–H groups in total. The summed E-state index contributed by atoms with van der Waals surface area (Å²) in [7, 11) is 0.313. The molecule has 0 rings (SSSR count). The van der Waals surface area contributed by atoms with Crippen LogP contribution in [0.5, 0.6) is 0 Å². The number of rotatable bonds is 5. The maximum absolute atomic E-state index is 2.52. The van der Waals surface area contributed by atoms with Crippen molar-refractivity contribution in [2.75, 3.05) is 12.3 Å². The van der Waals surface area contributed by atoms with E-state index < -0.39 is 0 Å². The molecule has 0 aliphatic rings. The zero-order valence-electron chi connectivity index (χ0n) is 6.85. The summed E-state index contributed by atoms with van der Waals surface area (Å²) in [5.41, 5.74) is 0. The molecule has 0 fully saturated rings. The van der Waals surface area contributed by atoms with Crippen molar-refractivity contribution < 1.29 is 0 Å². The lowest BCUT2D eigenvalue weighted by Gasteiger charge is -2.10. The molecule has 0 atom stereocenters. The maximum Gasteiger partial charge on any atom is -0.0142 e. The summed E-state index contributed by atoms with van der Waals surface area (Å²) in [4.78, 5) is 0. The molecule has 0 bridgehead atoms. The molecule has 0 nitrogen and oxygen atoms in total. The van der Waals surface area contributed by atoms with Crippen LogP contribution in [0.1, 0.15) is 33.6 Å². The van der Waals surface area contributed by atoms with Crippen molar-refractivity contribution in [3.63, 3.8) is 0 Å². The molecule has 0 saturated carbocycles. The summed E-state index contributed by atoms with van der Waals surface area (Å²) in [6.07, 6.45) is 7.93. The van der Waals surface area contributed by atoms with Gasteiger partial charge in [-0.2, -0.15) is 0 Å². The molecule has 9 heavy (non-hydrogen) atoms. The van der Waals surface area contributed by atoms with Gasteiger partial charge < -0.3 is 0 Å². The van der Waals surface area contributed by atoms with E-state index in [1.807, 2.05) is 0 Å². The maximum atomic E-state index is 2.52. The third kappa shape index (κ3) is 4.90. The molecule has 55 valence electrons. The van der Waals surface area contributed by atoms with Crippen molar-refractivity contribution in [1.82, 2.24) is 0 Å². The lowest BCUT2D eigenvalue weighted by atomic mass is 10.4. The van der Waals surface area contributed by atoms with Gasteiger partial charge in [-0.15, -0.1) is 7.92 Å². The average molecular weight is 145 g/mol. The first-order valence-electron chi connectivity index (χ1n) is 3.92. The second-order valence-electron chi connectivity index (χ2n) is 2.19. The molecule has 0 aliphatic heterocycles. The highest BCUT2D eigenvalue weighted by Crippen LogP contribution is 2.39. The van der Waals surface area contributed by atoms with Crippen molar-refractivity contribution in [3.8, 4) is 0 Å². The van der Waals surface area contributed by atoms with Gasteiger partial charge in [-0.05, 0) is 24.9 Å². The van der Waals surface area contributed by atoms with Crippen LogP contribution in [0.3, 0.4) is 0 Å². The first kappa shape index (κ1) is 9.43. The van der Waals surface area contributed by atoms with Crippen LogP contribution >= 0.6 is 7.92 Å². The van der Waals surface area contributed by atoms with E-state index in [1.54, 1.807) is 0 Å². The largest absolute Gasteiger partial charge is 0.103 e. The van der Waals surface area contributed by atoms with Crippen LogP contribution in [-0.4, -0.2) is 12.3 Å². The monoisotopic (exact) mass is 145 g/mol. The molecule has 1 radical (unpaired) electrons. The second kappa shape index (κ2) is 6.55. The van der Waals surface area contributed by atoms with Crippen LogP contribution in [0.4, 0.5) is 0 Å². The molecule has 0 spiro atoms. The highest BCUT2D eigenvalue weighted by Gasteiger charge is 1.99. The topological polar surface area (TPSA) is 0 Å². The van der Waals surface area contributed by atoms with E-state index in [9.17, 15) is 0 Å². The van der Waals surface area contributed by atoms with Crippen LogP contribution in [0.2, 0.25) is 0 Å². The van der Waals surface area contributed by atoms with E-state index in [0.717, 1.165) is 0 Å². The minimum Gasteiger partial charge on any atom is -0.103 e. The highest BCUT2D eigenvalue weighted by atomic mass is 31.1. The van der Waals surface area contributed by atoms with Gasteiger partial charge in [-0.25, -0.2) is 0 Å². The van der Waals surface area contributed by atoms with Crippen LogP contribution in [0.15, 0.2) is 0 Å². The fraction of sp³-hybridized carbons (Fsp3) is 0.875. The first-order chi connectivity index (χ1) is 4.35. The molecule has 0 aromatic carbocycles. The van der Waals surface area contributed by atoms with Crippen LogP contribution < -0.4 is 0 Å². The molecule has 0 amide bonds. The van der Waals surface area contributed by atoms with Gasteiger partial charge in [0.1, 0.15) is 0 Å². The Bertz CT molecular complexity index is 48.5. The first-order valence-corrected chi connectivity index (χ1v) is 5.70. The Labute approximate surface area is 60.8 Å². The molecular formula is C8H18P. The summed E-state index contributed by atoms with van der Waals surface area (Å²) >= 11 is 0. The predicted molar refractivity (Wildman–Crippen MR) is 47.2 cm³/mol. The summed E-state index contributed by atoms with van der Waals surface area (Å²) < 4.78 is 0. The summed E-state index contributed by atoms with van der Waals surface area (Å²) in [6.45, 7) is 6.83. The van der Waals surface area contributed by atoms with E-state index in [1.165, 1.54) is 25.2 Å². The molecule has 0 aromatic heterocycles. The molecule has 0 heterocycles. The zero-order chi connectivity index (χ0) is 7.11. The van der Waals surface area contributed by atoms with Crippen LogP contribution in [0.25, 0.3) is 0 Å². The smallest absolute Gasteiger partial charge is 0.0142 e. The van der Waals surface area contributed by atoms with Gasteiger partial charge >= 0.3 is 0 Å². The molecule has 0 aliphatic carbocycles. The minimum absolute atomic E-state index is 0.313. The van der Waals surface area contributed by atoms with Crippen molar-refractivity contribution in [2.45, 2.75) is 33.6 Å². The van der Waals surface area contributed by atoms with Gasteiger partial charge in [0.15, 0.2) is 0 Å². The SMILES string of the molecule is CCC[CH]P(CC)CC. The third-order valence-electron chi connectivity index (χ3n) is 1.49. The van der Waals surface area contributed by atoms with Crippen molar-refractivity contribution in [2.24, 2.45) is 0 Å². The second-order valence-corrected chi connectivity index (χ2v) is 5.00. The average Bonchev–Trinajstić information content (AvgIpc) is 1.91. The van der Waals surface area contributed by atoms with Gasteiger partial charge in [-0.1, -0.05) is 27.2 Å². The van der Waals surface area contributed by atoms with E-state index in [0.29, 0.717) is 7.92 Å². The number of hydrogen-bond donors (Lipinski definition) is 0.